The molecule has 4 atom stereocenters. The fourth-order valence-electron chi connectivity index (χ4n) is 6.79. The molecule has 9 nitrogen and oxygen atoms in total. The van der Waals surface area contributed by atoms with Crippen molar-refractivity contribution in [1.82, 2.24) is 4.90 Å². The Hall–Kier alpha value is -4.19. The number of aliphatic carboxylic acids is 1. The van der Waals surface area contributed by atoms with Gasteiger partial charge in [-0.1, -0.05) is 36.4 Å². The summed E-state index contributed by atoms with van der Waals surface area (Å²) in [5.41, 5.74) is 2.48. The second-order valence-electron chi connectivity index (χ2n) is 12.7. The van der Waals surface area contributed by atoms with Crippen LogP contribution < -0.4 is 4.90 Å². The average molecular weight is 649 g/mol. The van der Waals surface area contributed by atoms with Gasteiger partial charge in [0.2, 0.25) is 11.8 Å². The highest BCUT2D eigenvalue weighted by molar-refractivity contribution is 6.03. The Balaban J connectivity index is 1.10. The molecule has 3 heterocycles. The lowest BCUT2D eigenvalue weighted by molar-refractivity contribution is -0.214. The van der Waals surface area contributed by atoms with E-state index in [4.69, 9.17) is 9.47 Å². The van der Waals surface area contributed by atoms with E-state index in [1.165, 1.54) is 41.3 Å². The first-order chi connectivity index (χ1) is 22.6. The smallest absolute Gasteiger partial charge is 0.326 e. The van der Waals surface area contributed by atoms with Crippen LogP contribution in [0.5, 0.6) is 0 Å². The molecular weight excluding hydrogens is 610 g/mol. The second kappa shape index (κ2) is 13.9. The fraction of sp³-hybridized carbons (Fsp3) is 0.417. The van der Waals surface area contributed by atoms with Gasteiger partial charge >= 0.3 is 5.97 Å². The maximum absolute atomic E-state index is 13.7. The summed E-state index contributed by atoms with van der Waals surface area (Å²) >= 11 is 0. The number of ether oxygens (including phenoxy) is 2. The largest absolute Gasteiger partial charge is 0.480 e. The number of carbonyl (C=O) groups excluding carboxylic acids is 2. The molecule has 3 aromatic carbocycles. The van der Waals surface area contributed by atoms with Gasteiger partial charge in [-0.25, -0.2) is 13.6 Å². The van der Waals surface area contributed by atoms with Crippen LogP contribution in [0.1, 0.15) is 60.9 Å². The maximum Gasteiger partial charge on any atom is 0.326 e. The van der Waals surface area contributed by atoms with Gasteiger partial charge in [-0.3, -0.25) is 9.59 Å². The van der Waals surface area contributed by atoms with Crippen LogP contribution in [0.15, 0.2) is 72.8 Å². The molecule has 3 unspecified atom stereocenters. The predicted octanol–water partition coefficient (Wildman–Crippen LogP) is 4.98. The summed E-state index contributed by atoms with van der Waals surface area (Å²) in [6.07, 6.45) is 2.23. The van der Waals surface area contributed by atoms with Gasteiger partial charge in [-0.15, -0.1) is 0 Å². The number of benzene rings is 3. The summed E-state index contributed by atoms with van der Waals surface area (Å²) in [5.74, 6) is -2.63. The minimum absolute atomic E-state index is 0.112. The lowest BCUT2D eigenvalue weighted by Gasteiger charge is -2.48. The Morgan fingerprint density at radius 1 is 0.979 bits per heavy atom. The number of hydrogen-bond acceptors (Lipinski definition) is 6. The number of amides is 2. The van der Waals surface area contributed by atoms with Gasteiger partial charge in [0, 0.05) is 12.2 Å². The quantitative estimate of drug-likeness (QED) is 0.251. The number of anilines is 1. The topological polar surface area (TPSA) is 117 Å². The molecule has 3 fully saturated rings. The van der Waals surface area contributed by atoms with E-state index >= 15 is 0 Å². The lowest BCUT2D eigenvalue weighted by atomic mass is 9.78. The van der Waals surface area contributed by atoms with Crippen molar-refractivity contribution in [2.45, 2.75) is 62.3 Å². The molecular formula is C36H38F2N2O7. The van der Waals surface area contributed by atoms with E-state index < -0.39 is 35.5 Å². The Labute approximate surface area is 271 Å². The molecule has 3 aliphatic rings. The van der Waals surface area contributed by atoms with Crippen molar-refractivity contribution in [3.63, 3.8) is 0 Å². The molecule has 11 heteroatoms. The number of halogens is 2. The molecule has 0 aromatic heterocycles. The zero-order valence-electron chi connectivity index (χ0n) is 25.9. The molecule has 248 valence electrons. The highest BCUT2D eigenvalue weighted by atomic mass is 19.1. The number of aryl methyl sites for hydroxylation is 1. The van der Waals surface area contributed by atoms with E-state index in [2.05, 4.69) is 0 Å². The predicted molar refractivity (Wildman–Crippen MR) is 167 cm³/mol. The molecule has 2 amide bonds. The second-order valence-corrected chi connectivity index (χ2v) is 12.7. The first-order valence-corrected chi connectivity index (χ1v) is 16.0. The minimum atomic E-state index is -0.998. The number of carboxylic acid groups (broad SMARTS) is 1. The molecule has 3 aliphatic heterocycles. The number of carboxylic acids is 1. The standard InChI is InChI=1S/C36H38F2N2O7/c37-26-9-7-24(8-10-26)31(41)16-15-29-33(40(34(29)43)28-13-11-27(38)12-14-28)25-5-3-23(4-6-25)17-18-36(21-46-22-36)47-20-32(42)39-19-1-2-30(39)35(44)45/h3-14,29-31,33,41H,1-2,15-22H2,(H,44,45)/t29-,30?,31?,33?/m1/s1. The zero-order chi connectivity index (χ0) is 33.1. The highest BCUT2D eigenvalue weighted by Crippen LogP contribution is 2.46. The molecule has 0 bridgehead atoms. The third-order valence-corrected chi connectivity index (χ3v) is 9.61. The summed E-state index contributed by atoms with van der Waals surface area (Å²) in [5, 5.41) is 20.1. The van der Waals surface area contributed by atoms with Crippen molar-refractivity contribution in [1.29, 1.82) is 0 Å². The van der Waals surface area contributed by atoms with Crippen LogP contribution in [0.4, 0.5) is 14.5 Å². The maximum atomic E-state index is 13.7. The monoisotopic (exact) mass is 648 g/mol. The Kier molecular flexibility index (Phi) is 9.67. The van der Waals surface area contributed by atoms with E-state index in [0.29, 0.717) is 69.5 Å². The van der Waals surface area contributed by atoms with Crippen molar-refractivity contribution >= 4 is 23.5 Å². The number of likely N-dealkylation sites (tertiary alicyclic amines) is 1. The summed E-state index contributed by atoms with van der Waals surface area (Å²) in [6, 6.07) is 18.3. The van der Waals surface area contributed by atoms with Crippen LogP contribution in [0, 0.1) is 17.6 Å². The molecule has 3 aromatic rings. The number of aliphatic hydroxyl groups is 1. The molecule has 0 aliphatic carbocycles. The number of hydrogen-bond donors (Lipinski definition) is 2. The summed E-state index contributed by atoms with van der Waals surface area (Å²) < 4.78 is 38.5. The van der Waals surface area contributed by atoms with Crippen LogP contribution in [0.3, 0.4) is 0 Å². The van der Waals surface area contributed by atoms with Crippen molar-refractivity contribution in [3.05, 3.63) is 101 Å². The van der Waals surface area contributed by atoms with E-state index in [1.807, 2.05) is 24.3 Å². The molecule has 0 saturated carbocycles. The van der Waals surface area contributed by atoms with Gasteiger partial charge in [-0.2, -0.15) is 0 Å². The molecule has 2 N–H and O–H groups in total. The Bertz CT molecular complexity index is 1580. The Morgan fingerprint density at radius 2 is 1.64 bits per heavy atom. The van der Waals surface area contributed by atoms with Crippen molar-refractivity contribution in [2.24, 2.45) is 5.92 Å². The summed E-state index contributed by atoms with van der Waals surface area (Å²) in [7, 11) is 0. The first kappa shape index (κ1) is 32.7. The van der Waals surface area contributed by atoms with Crippen LogP contribution in [0.25, 0.3) is 0 Å². The van der Waals surface area contributed by atoms with Gasteiger partial charge in [0.1, 0.15) is 29.9 Å². The normalized spacial score (nSPS) is 22.4. The summed E-state index contributed by atoms with van der Waals surface area (Å²) in [6.45, 7) is 0.917. The van der Waals surface area contributed by atoms with Crippen LogP contribution in [0.2, 0.25) is 0 Å². The van der Waals surface area contributed by atoms with E-state index in [9.17, 15) is 33.4 Å². The van der Waals surface area contributed by atoms with Crippen molar-refractivity contribution < 1.29 is 42.9 Å². The van der Waals surface area contributed by atoms with Crippen LogP contribution >= 0.6 is 0 Å². The third-order valence-electron chi connectivity index (χ3n) is 9.61. The van der Waals surface area contributed by atoms with E-state index in [0.717, 1.165) is 11.1 Å². The van der Waals surface area contributed by atoms with Gasteiger partial charge in [0.05, 0.1) is 31.3 Å². The first-order valence-electron chi connectivity index (χ1n) is 16.0. The SMILES string of the molecule is O=C(O)C1CCCN1C(=O)COC1(CCc2ccc(C3[C@@H](CCC(O)c4ccc(F)cc4)C(=O)N3c3ccc(F)cc3)cc2)COC1. The van der Waals surface area contributed by atoms with E-state index in [1.54, 1.807) is 17.0 Å². The van der Waals surface area contributed by atoms with Crippen LogP contribution in [-0.2, 0) is 30.3 Å². The number of aliphatic hydroxyl groups excluding tert-OH is 1. The van der Waals surface area contributed by atoms with Crippen molar-refractivity contribution in [2.75, 3.05) is 31.3 Å². The molecule has 0 radical (unpaired) electrons. The minimum Gasteiger partial charge on any atom is -0.480 e. The lowest BCUT2D eigenvalue weighted by Crippen LogP contribution is -2.55. The van der Waals surface area contributed by atoms with Crippen molar-refractivity contribution in [3.8, 4) is 0 Å². The number of rotatable bonds is 13. The van der Waals surface area contributed by atoms with Gasteiger partial charge in [0.15, 0.2) is 0 Å². The number of nitrogens with zero attached hydrogens (tertiary/aromatic N) is 2. The zero-order valence-corrected chi connectivity index (χ0v) is 25.9. The van der Waals surface area contributed by atoms with E-state index in [-0.39, 0.29) is 30.3 Å². The average Bonchev–Trinajstić information content (AvgIpc) is 3.55. The Morgan fingerprint density at radius 3 is 2.26 bits per heavy atom. The number of carbonyl (C=O) groups is 3. The molecule has 0 spiro atoms. The molecule has 3 saturated heterocycles. The van der Waals surface area contributed by atoms with Gasteiger partial charge in [-0.05, 0) is 91.6 Å². The fourth-order valence-corrected chi connectivity index (χ4v) is 6.79. The summed E-state index contributed by atoms with van der Waals surface area (Å²) in [4.78, 5) is 40.7. The third kappa shape index (κ3) is 7.07. The molecule has 6 rings (SSSR count). The highest BCUT2D eigenvalue weighted by Gasteiger charge is 2.48. The van der Waals surface area contributed by atoms with Gasteiger partial charge < -0.3 is 29.5 Å². The number of β-lactam (4-membered cyclic amide) rings is 1. The van der Waals surface area contributed by atoms with Gasteiger partial charge in [0.25, 0.3) is 0 Å². The molecule has 47 heavy (non-hydrogen) atoms. The van der Waals surface area contributed by atoms with Crippen LogP contribution in [-0.4, -0.2) is 70.9 Å².